The molecule has 0 aliphatic rings. The van der Waals surface area contributed by atoms with E-state index in [2.05, 4.69) is 10.6 Å². The van der Waals surface area contributed by atoms with E-state index >= 15 is 0 Å². The molecule has 0 saturated heterocycles. The van der Waals surface area contributed by atoms with Crippen molar-refractivity contribution in [2.24, 2.45) is 5.92 Å². The second-order valence-corrected chi connectivity index (χ2v) is 9.61. The van der Waals surface area contributed by atoms with Crippen molar-refractivity contribution < 1.29 is 24.2 Å². The molecule has 3 N–H and O–H groups in total. The molecule has 9 nitrogen and oxygen atoms in total. The van der Waals surface area contributed by atoms with Crippen LogP contribution >= 0.6 is 0 Å². The molecule has 0 aliphatic carbocycles. The Morgan fingerprint density at radius 2 is 1.79 bits per heavy atom. The maximum atomic E-state index is 13.6. The highest BCUT2D eigenvalue weighted by Gasteiger charge is 2.36. The number of phenolic OH excluding ortho intramolecular Hbond substituents is 1. The number of hydrogen-bond donors (Lipinski definition) is 3. The van der Waals surface area contributed by atoms with E-state index in [-0.39, 0.29) is 24.1 Å². The first kappa shape index (κ1) is 27.8. The topological polar surface area (TPSA) is 132 Å². The number of hydrogen-bond acceptors (Lipinski definition) is 6. The number of nitrogens with zero attached hydrogens (tertiary/aromatic N) is 2. The van der Waals surface area contributed by atoms with Crippen molar-refractivity contribution in [1.29, 1.82) is 5.26 Å². The van der Waals surface area contributed by atoms with Gasteiger partial charge in [0.15, 0.2) is 0 Å². The zero-order valence-electron chi connectivity index (χ0n) is 20.5. The van der Waals surface area contributed by atoms with Crippen LogP contribution in [0.2, 0.25) is 0 Å². The summed E-state index contributed by atoms with van der Waals surface area (Å²) in [6, 6.07) is 5.50. The van der Waals surface area contributed by atoms with Crippen molar-refractivity contribution in [3.8, 4) is 11.8 Å². The van der Waals surface area contributed by atoms with Gasteiger partial charge in [-0.05, 0) is 64.7 Å². The fourth-order valence-corrected chi connectivity index (χ4v) is 3.25. The zero-order chi connectivity index (χ0) is 25.3. The van der Waals surface area contributed by atoms with Crippen LogP contribution < -0.4 is 10.6 Å². The number of ether oxygens (including phenoxy) is 1. The Kier molecular flexibility index (Phi) is 10.2. The summed E-state index contributed by atoms with van der Waals surface area (Å²) in [7, 11) is 0. The summed E-state index contributed by atoms with van der Waals surface area (Å²) >= 11 is 0. The third kappa shape index (κ3) is 9.39. The van der Waals surface area contributed by atoms with Crippen molar-refractivity contribution in [1.82, 2.24) is 15.5 Å². The second kappa shape index (κ2) is 12.1. The van der Waals surface area contributed by atoms with Crippen LogP contribution in [0.3, 0.4) is 0 Å². The molecule has 0 radical (unpaired) electrons. The Hall–Kier alpha value is -3.28. The molecular formula is C24H36N4O5. The molecular weight excluding hydrogens is 424 g/mol. The highest BCUT2D eigenvalue weighted by molar-refractivity contribution is 5.92. The lowest BCUT2D eigenvalue weighted by Crippen LogP contribution is -2.54. The molecule has 0 heterocycles. The number of carbonyl (C=O) groups excluding carboxylic acids is 3. The number of carbonyl (C=O) groups is 3. The van der Waals surface area contributed by atoms with Crippen LogP contribution in [0.15, 0.2) is 24.3 Å². The van der Waals surface area contributed by atoms with Gasteiger partial charge in [0.05, 0.1) is 6.07 Å². The van der Waals surface area contributed by atoms with Gasteiger partial charge in [0.2, 0.25) is 11.8 Å². The molecule has 1 rings (SSSR count). The van der Waals surface area contributed by atoms with E-state index in [9.17, 15) is 24.8 Å². The lowest BCUT2D eigenvalue weighted by molar-refractivity contribution is -0.142. The minimum atomic E-state index is -1.18. The quantitative estimate of drug-likeness (QED) is 0.485. The first-order valence-corrected chi connectivity index (χ1v) is 11.0. The lowest BCUT2D eigenvalue weighted by Gasteiger charge is -2.33. The first-order valence-electron chi connectivity index (χ1n) is 11.0. The number of benzene rings is 1. The summed E-state index contributed by atoms with van der Waals surface area (Å²) in [5.74, 6) is -1.14. The molecule has 1 aromatic rings. The fourth-order valence-electron chi connectivity index (χ4n) is 3.25. The monoisotopic (exact) mass is 460 g/mol. The van der Waals surface area contributed by atoms with Crippen molar-refractivity contribution in [3.05, 3.63) is 29.8 Å². The van der Waals surface area contributed by atoms with Gasteiger partial charge in [0.25, 0.3) is 0 Å². The van der Waals surface area contributed by atoms with Crippen LogP contribution in [-0.2, 0) is 14.3 Å². The van der Waals surface area contributed by atoms with E-state index in [1.165, 1.54) is 12.1 Å². The molecule has 2 atom stereocenters. The number of aromatic hydroxyl groups is 1. The van der Waals surface area contributed by atoms with Gasteiger partial charge in [-0.15, -0.1) is 0 Å². The Labute approximate surface area is 196 Å². The van der Waals surface area contributed by atoms with Gasteiger partial charge in [0.1, 0.15) is 30.0 Å². The second-order valence-electron chi connectivity index (χ2n) is 9.61. The predicted molar refractivity (Wildman–Crippen MR) is 124 cm³/mol. The van der Waals surface area contributed by atoms with E-state index in [4.69, 9.17) is 4.74 Å². The van der Waals surface area contributed by atoms with Gasteiger partial charge in [0, 0.05) is 6.04 Å². The summed E-state index contributed by atoms with van der Waals surface area (Å²) < 4.78 is 5.30. The molecule has 0 spiro atoms. The average molecular weight is 461 g/mol. The standard InChI is InChI=1S/C24H36N4O5/c1-15(2)13-19(27-23(32)33-24(5,6)7)22(31)28(12-11-25)20(21(30)26-16(3)4)17-9-8-10-18(29)14-17/h8-10,14-16,19-20,29H,12-13H2,1-7H3,(H,26,30)(H,27,32). The fraction of sp³-hybridized carbons (Fsp3) is 0.583. The van der Waals surface area contributed by atoms with E-state index < -0.39 is 42.1 Å². The number of nitriles is 1. The lowest BCUT2D eigenvalue weighted by atomic mass is 9.99. The molecule has 3 amide bonds. The van der Waals surface area contributed by atoms with Crippen molar-refractivity contribution in [2.75, 3.05) is 6.54 Å². The number of nitrogens with one attached hydrogen (secondary N) is 2. The van der Waals surface area contributed by atoms with Gasteiger partial charge >= 0.3 is 6.09 Å². The van der Waals surface area contributed by atoms with Crippen molar-refractivity contribution in [3.63, 3.8) is 0 Å². The molecule has 182 valence electrons. The molecule has 2 unspecified atom stereocenters. The number of alkyl carbamates (subject to hydrolysis) is 1. The predicted octanol–water partition coefficient (Wildman–Crippen LogP) is 3.25. The number of phenols is 1. The largest absolute Gasteiger partial charge is 0.508 e. The van der Waals surface area contributed by atoms with E-state index in [1.807, 2.05) is 19.9 Å². The highest BCUT2D eigenvalue weighted by Crippen LogP contribution is 2.26. The molecule has 1 aromatic carbocycles. The van der Waals surface area contributed by atoms with Gasteiger partial charge in [-0.2, -0.15) is 5.26 Å². The number of rotatable bonds is 9. The molecule has 9 heteroatoms. The zero-order valence-corrected chi connectivity index (χ0v) is 20.5. The van der Waals surface area contributed by atoms with Crippen molar-refractivity contribution >= 4 is 17.9 Å². The van der Waals surface area contributed by atoms with Gasteiger partial charge in [-0.25, -0.2) is 4.79 Å². The molecule has 0 fully saturated rings. The summed E-state index contributed by atoms with van der Waals surface area (Å²) in [6.07, 6.45) is -0.489. The van der Waals surface area contributed by atoms with E-state index in [1.54, 1.807) is 46.8 Å². The maximum absolute atomic E-state index is 13.6. The molecule has 0 saturated carbocycles. The maximum Gasteiger partial charge on any atom is 0.408 e. The van der Waals surface area contributed by atoms with Gasteiger partial charge in [-0.3, -0.25) is 9.59 Å². The Morgan fingerprint density at radius 1 is 1.15 bits per heavy atom. The summed E-state index contributed by atoms with van der Waals surface area (Å²) in [6.45, 7) is 12.1. The molecule has 33 heavy (non-hydrogen) atoms. The van der Waals surface area contributed by atoms with E-state index in [0.29, 0.717) is 5.56 Å². The SMILES string of the molecule is CC(C)CC(NC(=O)OC(C)(C)C)C(=O)N(CC#N)C(C(=O)NC(C)C)c1cccc(O)c1. The molecule has 0 aromatic heterocycles. The third-order valence-corrected chi connectivity index (χ3v) is 4.40. The average Bonchev–Trinajstić information content (AvgIpc) is 2.64. The van der Waals surface area contributed by atoms with Crippen LogP contribution in [0.4, 0.5) is 4.79 Å². The summed E-state index contributed by atoms with van der Waals surface area (Å²) in [5.41, 5.74) is -0.416. The summed E-state index contributed by atoms with van der Waals surface area (Å²) in [4.78, 5) is 40.3. The van der Waals surface area contributed by atoms with Gasteiger partial charge < -0.3 is 25.4 Å². The first-order chi connectivity index (χ1) is 15.2. The highest BCUT2D eigenvalue weighted by atomic mass is 16.6. The van der Waals surface area contributed by atoms with Crippen LogP contribution in [0.1, 0.15) is 66.5 Å². The third-order valence-electron chi connectivity index (χ3n) is 4.40. The Morgan fingerprint density at radius 3 is 2.27 bits per heavy atom. The van der Waals surface area contributed by atoms with Crippen LogP contribution in [0.25, 0.3) is 0 Å². The molecule has 0 bridgehead atoms. The summed E-state index contributed by atoms with van der Waals surface area (Å²) in [5, 5.41) is 24.8. The normalized spacial score (nSPS) is 13.1. The van der Waals surface area contributed by atoms with Gasteiger partial charge in [-0.1, -0.05) is 26.0 Å². The van der Waals surface area contributed by atoms with Crippen LogP contribution in [0.5, 0.6) is 5.75 Å². The van der Waals surface area contributed by atoms with Crippen LogP contribution in [-0.4, -0.2) is 52.1 Å². The van der Waals surface area contributed by atoms with E-state index in [0.717, 1.165) is 4.90 Å². The number of amides is 3. The Balaban J connectivity index is 3.42. The minimum absolute atomic E-state index is 0.0292. The van der Waals surface area contributed by atoms with Crippen molar-refractivity contribution in [2.45, 2.75) is 78.6 Å². The Bertz CT molecular complexity index is 870. The molecule has 0 aliphatic heterocycles. The minimum Gasteiger partial charge on any atom is -0.508 e. The van der Waals surface area contributed by atoms with Crippen LogP contribution in [0, 0.1) is 17.2 Å². The smallest absolute Gasteiger partial charge is 0.408 e.